The van der Waals surface area contributed by atoms with Crippen molar-refractivity contribution in [1.82, 2.24) is 0 Å². The summed E-state index contributed by atoms with van der Waals surface area (Å²) in [6, 6.07) is 2.47. The Hall–Kier alpha value is -1.03. The molecular formula is C8H11N3S. The van der Waals surface area contributed by atoms with Crippen molar-refractivity contribution >= 4 is 23.0 Å². The number of hydrogen-bond donors (Lipinski definition) is 2. The normalized spacial score (nSPS) is 17.8. The van der Waals surface area contributed by atoms with Crippen molar-refractivity contribution in [3.05, 3.63) is 16.8 Å². The Morgan fingerprint density at radius 1 is 1.67 bits per heavy atom. The smallest absolute Gasteiger partial charge is 0.193 e. The minimum Gasteiger partial charge on any atom is -0.370 e. The zero-order valence-corrected chi connectivity index (χ0v) is 7.47. The molecule has 1 aromatic rings. The Morgan fingerprint density at radius 3 is 3.08 bits per heavy atom. The van der Waals surface area contributed by atoms with Crippen molar-refractivity contribution in [2.75, 3.05) is 5.32 Å². The van der Waals surface area contributed by atoms with Gasteiger partial charge in [-0.25, -0.2) is 4.99 Å². The summed E-state index contributed by atoms with van der Waals surface area (Å²) in [4.78, 5) is 4.25. The average Bonchev–Trinajstić information content (AvgIpc) is 2.66. The number of nitrogens with zero attached hydrogens (tertiary/aromatic N) is 1. The molecule has 1 aromatic heterocycles. The van der Waals surface area contributed by atoms with Crippen LogP contribution in [0.25, 0.3) is 0 Å². The molecule has 64 valence electrons. The van der Waals surface area contributed by atoms with Gasteiger partial charge in [-0.15, -0.1) is 0 Å². The van der Waals surface area contributed by atoms with Gasteiger partial charge in [-0.3, -0.25) is 0 Å². The van der Waals surface area contributed by atoms with E-state index in [4.69, 9.17) is 5.73 Å². The van der Waals surface area contributed by atoms with Crippen molar-refractivity contribution in [1.29, 1.82) is 0 Å². The fourth-order valence-corrected chi connectivity index (χ4v) is 1.50. The second-order valence-corrected chi connectivity index (χ2v) is 3.66. The summed E-state index contributed by atoms with van der Waals surface area (Å²) >= 11 is 1.64. The van der Waals surface area contributed by atoms with Gasteiger partial charge >= 0.3 is 0 Å². The van der Waals surface area contributed by atoms with Crippen molar-refractivity contribution in [3.8, 4) is 0 Å². The van der Waals surface area contributed by atoms with Gasteiger partial charge in [0.05, 0.1) is 11.7 Å². The molecule has 0 radical (unpaired) electrons. The molecule has 1 aliphatic carbocycles. The fraction of sp³-hybridized carbons (Fsp3) is 0.375. The standard InChI is InChI=1S/C8H11N3S/c9-8(10-6-1-2-6)11-7-3-4-12-5-7/h3-6H,1-2H2,(H3,9,10,11). The third-order valence-electron chi connectivity index (χ3n) is 1.66. The summed E-state index contributed by atoms with van der Waals surface area (Å²) in [6.45, 7) is 0. The van der Waals surface area contributed by atoms with Crippen LogP contribution in [0.2, 0.25) is 0 Å². The first-order chi connectivity index (χ1) is 5.84. The lowest BCUT2D eigenvalue weighted by atomic mass is 10.5. The molecule has 2 rings (SSSR count). The maximum absolute atomic E-state index is 5.65. The van der Waals surface area contributed by atoms with Crippen molar-refractivity contribution in [2.24, 2.45) is 10.7 Å². The minimum absolute atomic E-state index is 0.483. The second-order valence-electron chi connectivity index (χ2n) is 2.88. The molecule has 4 heteroatoms. The highest BCUT2D eigenvalue weighted by Crippen LogP contribution is 2.23. The van der Waals surface area contributed by atoms with Gasteiger partial charge < -0.3 is 11.1 Å². The van der Waals surface area contributed by atoms with Crippen LogP contribution in [-0.4, -0.2) is 12.0 Å². The summed E-state index contributed by atoms with van der Waals surface area (Å²) in [5.41, 5.74) is 6.68. The summed E-state index contributed by atoms with van der Waals surface area (Å²) in [5.74, 6) is 0.538. The van der Waals surface area contributed by atoms with E-state index in [-0.39, 0.29) is 0 Å². The van der Waals surface area contributed by atoms with E-state index in [1.807, 2.05) is 16.8 Å². The van der Waals surface area contributed by atoms with E-state index in [9.17, 15) is 0 Å². The highest BCUT2D eigenvalue weighted by Gasteiger charge is 2.20. The van der Waals surface area contributed by atoms with E-state index in [0.717, 1.165) is 5.69 Å². The highest BCUT2D eigenvalue weighted by molar-refractivity contribution is 7.08. The number of rotatable bonds is 2. The molecule has 0 aliphatic heterocycles. The molecule has 3 N–H and O–H groups in total. The number of nitrogens with two attached hydrogens (primary N) is 1. The summed E-state index contributed by atoms with van der Waals surface area (Å²) in [5, 5.41) is 7.05. The molecular weight excluding hydrogens is 170 g/mol. The zero-order chi connectivity index (χ0) is 8.39. The molecule has 0 aromatic carbocycles. The van der Waals surface area contributed by atoms with Crippen LogP contribution in [0.1, 0.15) is 12.8 Å². The van der Waals surface area contributed by atoms with Gasteiger partial charge in [0.25, 0.3) is 0 Å². The number of nitrogens with one attached hydrogen (secondary N) is 1. The van der Waals surface area contributed by atoms with Gasteiger partial charge in [0.2, 0.25) is 0 Å². The topological polar surface area (TPSA) is 50.4 Å². The van der Waals surface area contributed by atoms with Crippen LogP contribution in [0.3, 0.4) is 0 Å². The number of aliphatic imine (C=N–C) groups is 1. The summed E-state index contributed by atoms with van der Waals surface area (Å²) in [7, 11) is 0. The Morgan fingerprint density at radius 2 is 2.50 bits per heavy atom. The van der Waals surface area contributed by atoms with Crippen LogP contribution >= 0.6 is 11.3 Å². The van der Waals surface area contributed by atoms with Crippen LogP contribution in [0.15, 0.2) is 21.8 Å². The molecule has 0 saturated heterocycles. The monoisotopic (exact) mass is 181 g/mol. The molecule has 1 fully saturated rings. The number of anilines is 1. The molecule has 0 atom stereocenters. The number of guanidine groups is 1. The average molecular weight is 181 g/mol. The molecule has 0 spiro atoms. The highest BCUT2D eigenvalue weighted by atomic mass is 32.1. The first kappa shape index (κ1) is 7.61. The van der Waals surface area contributed by atoms with E-state index in [1.165, 1.54) is 12.8 Å². The van der Waals surface area contributed by atoms with Crippen molar-refractivity contribution < 1.29 is 0 Å². The van der Waals surface area contributed by atoms with Gasteiger partial charge in [-0.1, -0.05) is 0 Å². The second kappa shape index (κ2) is 3.15. The SMILES string of the molecule is NC(=NC1CC1)Nc1ccsc1. The maximum atomic E-state index is 5.65. The van der Waals surface area contributed by atoms with Gasteiger partial charge in [0, 0.05) is 5.38 Å². The summed E-state index contributed by atoms with van der Waals surface area (Å²) < 4.78 is 0. The molecule has 12 heavy (non-hydrogen) atoms. The molecule has 1 heterocycles. The van der Waals surface area contributed by atoms with E-state index in [0.29, 0.717) is 12.0 Å². The maximum Gasteiger partial charge on any atom is 0.193 e. The van der Waals surface area contributed by atoms with Crippen LogP contribution < -0.4 is 11.1 Å². The van der Waals surface area contributed by atoms with Crippen LogP contribution in [0.5, 0.6) is 0 Å². The zero-order valence-electron chi connectivity index (χ0n) is 6.66. The fourth-order valence-electron chi connectivity index (χ4n) is 0.916. The van der Waals surface area contributed by atoms with Crippen LogP contribution in [-0.2, 0) is 0 Å². The third kappa shape index (κ3) is 1.98. The minimum atomic E-state index is 0.483. The Bertz CT molecular complexity index is 275. The Balaban J connectivity index is 1.93. The van der Waals surface area contributed by atoms with E-state index in [1.54, 1.807) is 11.3 Å². The molecule has 1 aliphatic rings. The lowest BCUT2D eigenvalue weighted by Crippen LogP contribution is -2.22. The predicted octanol–water partition coefficient (Wildman–Crippen LogP) is 1.64. The lowest BCUT2D eigenvalue weighted by molar-refractivity contribution is 1.06. The van der Waals surface area contributed by atoms with E-state index in [2.05, 4.69) is 10.3 Å². The quantitative estimate of drug-likeness (QED) is 0.538. The molecule has 0 amide bonds. The summed E-state index contributed by atoms with van der Waals surface area (Å²) in [6.07, 6.45) is 2.37. The first-order valence-electron chi connectivity index (χ1n) is 3.97. The molecule has 0 bridgehead atoms. The molecule has 3 nitrogen and oxygen atoms in total. The molecule has 0 unspecified atom stereocenters. The first-order valence-corrected chi connectivity index (χ1v) is 4.91. The van der Waals surface area contributed by atoms with Crippen molar-refractivity contribution in [2.45, 2.75) is 18.9 Å². The largest absolute Gasteiger partial charge is 0.370 e. The number of thiophene rings is 1. The van der Waals surface area contributed by atoms with Crippen LogP contribution in [0, 0.1) is 0 Å². The van der Waals surface area contributed by atoms with Crippen LogP contribution in [0.4, 0.5) is 5.69 Å². The third-order valence-corrected chi connectivity index (χ3v) is 2.35. The lowest BCUT2D eigenvalue weighted by Gasteiger charge is -2.00. The van der Waals surface area contributed by atoms with Gasteiger partial charge in [0.1, 0.15) is 0 Å². The van der Waals surface area contributed by atoms with E-state index < -0.39 is 0 Å². The number of hydrogen-bond acceptors (Lipinski definition) is 2. The Labute approximate surface area is 75.3 Å². The van der Waals surface area contributed by atoms with Gasteiger partial charge in [-0.2, -0.15) is 11.3 Å². The molecule has 1 saturated carbocycles. The van der Waals surface area contributed by atoms with Gasteiger partial charge in [-0.05, 0) is 24.3 Å². The van der Waals surface area contributed by atoms with Crippen molar-refractivity contribution in [3.63, 3.8) is 0 Å². The predicted molar refractivity (Wildman–Crippen MR) is 52.6 cm³/mol. The van der Waals surface area contributed by atoms with E-state index >= 15 is 0 Å². The Kier molecular flexibility index (Phi) is 1.99. The van der Waals surface area contributed by atoms with Gasteiger partial charge in [0.15, 0.2) is 5.96 Å².